The third-order valence-electron chi connectivity index (χ3n) is 4.31. The minimum Gasteiger partial charge on any atom is -0.491 e. The van der Waals surface area contributed by atoms with E-state index >= 15 is 0 Å². The van der Waals surface area contributed by atoms with Crippen LogP contribution in [0.2, 0.25) is 0 Å². The Kier molecular flexibility index (Phi) is 5.30. The van der Waals surface area contributed by atoms with Crippen molar-refractivity contribution in [1.29, 1.82) is 0 Å². The van der Waals surface area contributed by atoms with Crippen molar-refractivity contribution in [3.8, 4) is 5.75 Å². The van der Waals surface area contributed by atoms with E-state index in [9.17, 15) is 14.4 Å². The summed E-state index contributed by atoms with van der Waals surface area (Å²) in [5.41, 5.74) is 0.188. The predicted molar refractivity (Wildman–Crippen MR) is 106 cm³/mol. The number of nitrogens with zero attached hydrogens (tertiary/aromatic N) is 3. The number of carbonyl (C=O) groups excluding carboxylic acids is 1. The fraction of sp³-hybridized carbons (Fsp3) is 0.300. The Hall–Kier alpha value is -3.42. The van der Waals surface area contributed by atoms with Crippen molar-refractivity contribution >= 4 is 16.9 Å². The van der Waals surface area contributed by atoms with Crippen molar-refractivity contribution in [1.82, 2.24) is 19.4 Å². The maximum Gasteiger partial charge on any atom is 0.332 e. The van der Waals surface area contributed by atoms with Crippen LogP contribution in [0.3, 0.4) is 0 Å². The number of hydrogen-bond donors (Lipinski definition) is 1. The van der Waals surface area contributed by atoms with Crippen molar-refractivity contribution in [2.45, 2.75) is 26.5 Å². The van der Waals surface area contributed by atoms with E-state index in [1.807, 2.05) is 38.1 Å². The van der Waals surface area contributed by atoms with Gasteiger partial charge in [-0.05, 0) is 32.0 Å². The van der Waals surface area contributed by atoms with Gasteiger partial charge in [0.1, 0.15) is 17.1 Å². The van der Waals surface area contributed by atoms with E-state index in [0.717, 1.165) is 10.1 Å². The summed E-state index contributed by atoms with van der Waals surface area (Å²) in [4.78, 5) is 41.1. The number of rotatable bonds is 5. The molecular weight excluding hydrogens is 360 g/mol. The highest BCUT2D eigenvalue weighted by Crippen LogP contribution is 2.19. The molecule has 0 fully saturated rings. The molecule has 3 aromatic rings. The van der Waals surface area contributed by atoms with Crippen LogP contribution < -0.4 is 21.3 Å². The van der Waals surface area contributed by atoms with E-state index in [1.165, 1.54) is 30.8 Å². The maximum atomic E-state index is 12.6. The molecule has 1 N–H and O–H groups in total. The van der Waals surface area contributed by atoms with Crippen LogP contribution in [0.4, 0.5) is 0 Å². The number of benzene rings is 1. The number of aryl methyl sites for hydroxylation is 1. The summed E-state index contributed by atoms with van der Waals surface area (Å²) < 4.78 is 8.01. The molecule has 0 aliphatic carbocycles. The van der Waals surface area contributed by atoms with Crippen molar-refractivity contribution < 1.29 is 9.53 Å². The van der Waals surface area contributed by atoms with Gasteiger partial charge in [-0.2, -0.15) is 0 Å². The van der Waals surface area contributed by atoms with Crippen molar-refractivity contribution in [2.75, 3.05) is 0 Å². The molecule has 1 amide bonds. The zero-order valence-electron chi connectivity index (χ0n) is 16.2. The van der Waals surface area contributed by atoms with E-state index < -0.39 is 17.2 Å². The van der Waals surface area contributed by atoms with Gasteiger partial charge in [0.05, 0.1) is 11.5 Å². The molecule has 0 bridgehead atoms. The first-order valence-corrected chi connectivity index (χ1v) is 8.89. The second-order valence-electron chi connectivity index (χ2n) is 6.73. The predicted octanol–water partition coefficient (Wildman–Crippen LogP) is 1.35. The van der Waals surface area contributed by atoms with Crippen molar-refractivity contribution in [3.05, 3.63) is 68.5 Å². The zero-order valence-corrected chi connectivity index (χ0v) is 16.2. The van der Waals surface area contributed by atoms with Crippen LogP contribution in [0, 0.1) is 0 Å². The van der Waals surface area contributed by atoms with Crippen LogP contribution in [-0.2, 0) is 20.6 Å². The lowest BCUT2D eigenvalue weighted by Crippen LogP contribution is -2.37. The Bertz CT molecular complexity index is 1160. The summed E-state index contributed by atoms with van der Waals surface area (Å²) in [5.74, 6) is 0.296. The third-order valence-corrected chi connectivity index (χ3v) is 4.31. The molecule has 2 heterocycles. The average molecular weight is 382 g/mol. The van der Waals surface area contributed by atoms with E-state index in [0.29, 0.717) is 5.75 Å². The molecule has 0 atom stereocenters. The number of para-hydroxylation sites is 1. The first-order chi connectivity index (χ1) is 13.3. The Balaban J connectivity index is 1.87. The average Bonchev–Trinajstić information content (AvgIpc) is 2.69. The number of ether oxygens (including phenoxy) is 1. The van der Waals surface area contributed by atoms with Crippen LogP contribution in [0.25, 0.3) is 11.0 Å². The molecule has 8 heteroatoms. The topological polar surface area (TPSA) is 95.2 Å². The highest BCUT2D eigenvalue weighted by atomic mass is 16.5. The van der Waals surface area contributed by atoms with Gasteiger partial charge in [0.25, 0.3) is 11.5 Å². The summed E-state index contributed by atoms with van der Waals surface area (Å²) in [6.07, 6.45) is 0.0166. The SMILES string of the molecule is CC(C)Oc1ccccc1CNC(=O)c1ccc2c(=O)n(C)c(=O)n(C)c2n1. The lowest BCUT2D eigenvalue weighted by atomic mass is 10.2. The van der Waals surface area contributed by atoms with Gasteiger partial charge < -0.3 is 10.1 Å². The number of pyridine rings is 1. The van der Waals surface area contributed by atoms with Gasteiger partial charge in [-0.3, -0.25) is 18.7 Å². The second kappa shape index (κ2) is 7.67. The Morgan fingerprint density at radius 3 is 2.54 bits per heavy atom. The van der Waals surface area contributed by atoms with Gasteiger partial charge in [0, 0.05) is 26.2 Å². The standard InChI is InChI=1S/C20H22N4O4/c1-12(2)28-16-8-6-5-7-13(16)11-21-18(25)15-10-9-14-17(22-15)23(3)20(27)24(4)19(14)26/h5-10,12H,11H2,1-4H3,(H,21,25). The van der Waals surface area contributed by atoms with Crippen molar-refractivity contribution in [3.63, 3.8) is 0 Å². The lowest BCUT2D eigenvalue weighted by molar-refractivity contribution is 0.0946. The third kappa shape index (κ3) is 3.66. The van der Waals surface area contributed by atoms with E-state index in [2.05, 4.69) is 10.3 Å². The molecule has 0 saturated carbocycles. The molecule has 8 nitrogen and oxygen atoms in total. The van der Waals surface area contributed by atoms with Gasteiger partial charge in [-0.25, -0.2) is 9.78 Å². The molecule has 2 aromatic heterocycles. The molecule has 0 aliphatic rings. The first kappa shape index (κ1) is 19.3. The zero-order chi connectivity index (χ0) is 20.4. The molecule has 0 saturated heterocycles. The van der Waals surface area contributed by atoms with E-state index in [-0.39, 0.29) is 29.4 Å². The molecule has 0 radical (unpaired) electrons. The molecule has 146 valence electrons. The summed E-state index contributed by atoms with van der Waals surface area (Å²) in [6, 6.07) is 10.4. The number of carbonyl (C=O) groups is 1. The summed E-state index contributed by atoms with van der Waals surface area (Å²) in [7, 11) is 2.92. The van der Waals surface area contributed by atoms with Crippen LogP contribution in [0.5, 0.6) is 5.75 Å². The smallest absolute Gasteiger partial charge is 0.332 e. The largest absolute Gasteiger partial charge is 0.491 e. The number of fused-ring (bicyclic) bond motifs is 1. The molecule has 3 rings (SSSR count). The molecule has 0 aliphatic heterocycles. The van der Waals surface area contributed by atoms with Gasteiger partial charge in [0.2, 0.25) is 0 Å². The summed E-state index contributed by atoms with van der Waals surface area (Å²) in [6.45, 7) is 4.13. The monoisotopic (exact) mass is 382 g/mol. The number of nitrogens with one attached hydrogen (secondary N) is 1. The van der Waals surface area contributed by atoms with Crippen molar-refractivity contribution in [2.24, 2.45) is 14.1 Å². The molecule has 0 spiro atoms. The van der Waals surface area contributed by atoms with Gasteiger partial charge in [-0.15, -0.1) is 0 Å². The maximum absolute atomic E-state index is 12.6. The normalized spacial score (nSPS) is 11.0. The minimum atomic E-state index is -0.498. The van der Waals surface area contributed by atoms with Crippen LogP contribution in [0.15, 0.2) is 46.0 Å². The summed E-state index contributed by atoms with van der Waals surface area (Å²) >= 11 is 0. The van der Waals surface area contributed by atoms with Gasteiger partial charge in [-0.1, -0.05) is 18.2 Å². The molecule has 1 aromatic carbocycles. The fourth-order valence-electron chi connectivity index (χ4n) is 2.87. The van der Waals surface area contributed by atoms with Crippen LogP contribution in [-0.4, -0.2) is 26.1 Å². The quantitative estimate of drug-likeness (QED) is 0.719. The highest BCUT2D eigenvalue weighted by molar-refractivity contribution is 5.94. The number of amides is 1. The van der Waals surface area contributed by atoms with E-state index in [1.54, 1.807) is 0 Å². The fourth-order valence-corrected chi connectivity index (χ4v) is 2.87. The van der Waals surface area contributed by atoms with E-state index in [4.69, 9.17) is 4.74 Å². The first-order valence-electron chi connectivity index (χ1n) is 8.89. The van der Waals surface area contributed by atoms with Gasteiger partial charge >= 0.3 is 5.69 Å². The number of hydrogen-bond acceptors (Lipinski definition) is 5. The Morgan fingerprint density at radius 1 is 1.11 bits per heavy atom. The molecular formula is C20H22N4O4. The molecule has 0 unspecified atom stereocenters. The second-order valence-corrected chi connectivity index (χ2v) is 6.73. The highest BCUT2D eigenvalue weighted by Gasteiger charge is 2.14. The molecule has 28 heavy (non-hydrogen) atoms. The summed E-state index contributed by atoms with van der Waals surface area (Å²) in [5, 5.41) is 3.08. The van der Waals surface area contributed by atoms with Gasteiger partial charge in [0.15, 0.2) is 0 Å². The minimum absolute atomic E-state index is 0.0166. The van der Waals surface area contributed by atoms with Crippen LogP contribution >= 0.6 is 0 Å². The Labute approximate surface area is 161 Å². The lowest BCUT2D eigenvalue weighted by Gasteiger charge is -2.14. The number of aromatic nitrogens is 3. The van der Waals surface area contributed by atoms with Crippen LogP contribution in [0.1, 0.15) is 29.9 Å². The Morgan fingerprint density at radius 2 is 1.82 bits per heavy atom.